The number of rotatable bonds is 5. The number of hydrogen-bond donors (Lipinski definition) is 2. The first kappa shape index (κ1) is 21.6. The molecule has 0 saturated heterocycles. The van der Waals surface area contributed by atoms with Crippen LogP contribution in [0, 0.1) is 24.7 Å². The number of fused-ring (bicyclic) bond motifs is 2. The zero-order valence-electron chi connectivity index (χ0n) is 16.2. The van der Waals surface area contributed by atoms with Crippen molar-refractivity contribution in [3.8, 4) is 0 Å². The van der Waals surface area contributed by atoms with Crippen LogP contribution in [0.2, 0.25) is 0 Å². The summed E-state index contributed by atoms with van der Waals surface area (Å²) in [6.07, 6.45) is 5.60. The zero-order chi connectivity index (χ0) is 18.0. The number of carbonyl (C=O) groups is 1. The van der Waals surface area contributed by atoms with Crippen molar-refractivity contribution in [1.29, 1.82) is 0 Å². The minimum Gasteiger partial charge on any atom is -0.327 e. The van der Waals surface area contributed by atoms with Crippen molar-refractivity contribution in [1.82, 2.24) is 0 Å². The van der Waals surface area contributed by atoms with Gasteiger partial charge in [0.05, 0.1) is 0 Å². The molecule has 2 saturated carbocycles. The molecule has 0 spiro atoms. The summed E-state index contributed by atoms with van der Waals surface area (Å²) in [6, 6.07) is 6.58. The van der Waals surface area contributed by atoms with E-state index in [2.05, 4.69) is 38.2 Å². The lowest BCUT2D eigenvalue weighted by Crippen LogP contribution is -2.48. The molecule has 2 fully saturated rings. The molecule has 0 aromatic heterocycles. The van der Waals surface area contributed by atoms with Gasteiger partial charge in [-0.3, -0.25) is 4.79 Å². The Balaban J connectivity index is 0.00000243. The van der Waals surface area contributed by atoms with E-state index in [4.69, 9.17) is 5.73 Å². The predicted octanol–water partition coefficient (Wildman–Crippen LogP) is 5.15. The fraction of sp³-hybridized carbons (Fsp3) is 0.667. The van der Waals surface area contributed by atoms with E-state index in [1.807, 2.05) is 17.8 Å². The van der Waals surface area contributed by atoms with Crippen LogP contribution in [0.15, 0.2) is 18.2 Å². The Labute approximate surface area is 168 Å². The van der Waals surface area contributed by atoms with Crippen LogP contribution < -0.4 is 11.1 Å². The maximum absolute atomic E-state index is 12.9. The smallest absolute Gasteiger partial charge is 0.227 e. The van der Waals surface area contributed by atoms with Gasteiger partial charge in [-0.25, -0.2) is 0 Å². The summed E-state index contributed by atoms with van der Waals surface area (Å²) in [5.74, 6) is 2.40. The topological polar surface area (TPSA) is 55.1 Å². The minimum atomic E-state index is 0. The predicted molar refractivity (Wildman–Crippen MR) is 115 cm³/mol. The van der Waals surface area contributed by atoms with Crippen LogP contribution in [0.5, 0.6) is 0 Å². The number of carbonyl (C=O) groups excluding carboxylic acids is 1. The van der Waals surface area contributed by atoms with Gasteiger partial charge in [-0.05, 0) is 66.9 Å². The number of anilines is 1. The Morgan fingerprint density at radius 1 is 1.27 bits per heavy atom. The summed E-state index contributed by atoms with van der Waals surface area (Å²) in [6.45, 7) is 6.56. The third-order valence-corrected chi connectivity index (χ3v) is 7.20. The molecule has 0 radical (unpaired) electrons. The monoisotopic (exact) mass is 396 g/mol. The molecule has 1 aromatic rings. The van der Waals surface area contributed by atoms with Crippen molar-refractivity contribution in [3.63, 3.8) is 0 Å². The van der Waals surface area contributed by atoms with Crippen LogP contribution in [0.25, 0.3) is 0 Å². The maximum Gasteiger partial charge on any atom is 0.227 e. The standard InChI is InChI=1S/C21H32N2OS.ClH/c1-13(2)25-12-17-8-5-9-19(14(17)3)23-21(24)18-10-15-6-4-7-16(11-18)20(15)22;/h5,8-9,13,15-16,18,20H,4,6-7,10-12,22H2,1-3H3,(H,23,24);1H. The quantitative estimate of drug-likeness (QED) is 0.723. The molecule has 2 bridgehead atoms. The van der Waals surface area contributed by atoms with Gasteiger partial charge in [-0.15, -0.1) is 12.4 Å². The Morgan fingerprint density at radius 2 is 1.92 bits per heavy atom. The minimum absolute atomic E-state index is 0. The Hall–Kier alpha value is -0.710. The summed E-state index contributed by atoms with van der Waals surface area (Å²) in [4.78, 5) is 12.9. The van der Waals surface area contributed by atoms with Gasteiger partial charge >= 0.3 is 0 Å². The van der Waals surface area contributed by atoms with Gasteiger partial charge < -0.3 is 11.1 Å². The van der Waals surface area contributed by atoms with Crippen LogP contribution in [0.1, 0.15) is 57.1 Å². The molecule has 1 aromatic carbocycles. The van der Waals surface area contributed by atoms with Gasteiger partial charge in [0.2, 0.25) is 5.91 Å². The molecule has 3 rings (SSSR count). The van der Waals surface area contributed by atoms with E-state index >= 15 is 0 Å². The molecule has 3 N–H and O–H groups in total. The summed E-state index contributed by atoms with van der Waals surface area (Å²) in [5.41, 5.74) is 9.87. The summed E-state index contributed by atoms with van der Waals surface area (Å²) >= 11 is 1.94. The van der Waals surface area contributed by atoms with Crippen molar-refractivity contribution in [3.05, 3.63) is 29.3 Å². The lowest BCUT2D eigenvalue weighted by atomic mass is 9.65. The van der Waals surface area contributed by atoms with Crippen LogP contribution in [-0.4, -0.2) is 17.2 Å². The van der Waals surface area contributed by atoms with Crippen LogP contribution in [0.4, 0.5) is 5.69 Å². The molecule has 3 nitrogen and oxygen atoms in total. The molecule has 5 heteroatoms. The molecule has 2 atom stereocenters. The summed E-state index contributed by atoms with van der Waals surface area (Å²) in [5, 5.41) is 3.84. The number of thioether (sulfide) groups is 1. The maximum atomic E-state index is 12.9. The van der Waals surface area contributed by atoms with Gasteiger partial charge in [-0.2, -0.15) is 11.8 Å². The number of nitrogens with one attached hydrogen (secondary N) is 1. The second kappa shape index (κ2) is 9.48. The molecule has 2 aliphatic rings. The Bertz CT molecular complexity index is 608. The highest BCUT2D eigenvalue weighted by atomic mass is 35.5. The Morgan fingerprint density at radius 3 is 2.54 bits per heavy atom. The van der Waals surface area contributed by atoms with E-state index in [0.29, 0.717) is 23.1 Å². The molecular weight excluding hydrogens is 364 g/mol. The summed E-state index contributed by atoms with van der Waals surface area (Å²) < 4.78 is 0. The van der Waals surface area contributed by atoms with E-state index in [9.17, 15) is 4.79 Å². The third-order valence-electron chi connectivity index (χ3n) is 6.06. The Kier molecular flexibility index (Phi) is 7.87. The average Bonchev–Trinajstić information content (AvgIpc) is 2.55. The lowest BCUT2D eigenvalue weighted by molar-refractivity contribution is -0.122. The van der Waals surface area contributed by atoms with Crippen molar-refractivity contribution in [2.45, 2.75) is 69.9 Å². The molecule has 0 heterocycles. The van der Waals surface area contributed by atoms with E-state index in [1.54, 1.807) is 0 Å². The van der Waals surface area contributed by atoms with Gasteiger partial charge in [0.1, 0.15) is 0 Å². The molecule has 0 aliphatic heterocycles. The van der Waals surface area contributed by atoms with Crippen molar-refractivity contribution in [2.75, 3.05) is 5.32 Å². The molecule has 2 unspecified atom stereocenters. The highest BCUT2D eigenvalue weighted by Gasteiger charge is 2.40. The van der Waals surface area contributed by atoms with E-state index in [-0.39, 0.29) is 24.2 Å². The van der Waals surface area contributed by atoms with Crippen LogP contribution >= 0.6 is 24.2 Å². The average molecular weight is 397 g/mol. The zero-order valence-corrected chi connectivity index (χ0v) is 17.8. The molecule has 26 heavy (non-hydrogen) atoms. The van der Waals surface area contributed by atoms with E-state index in [0.717, 1.165) is 24.3 Å². The SMILES string of the molecule is Cc1c(CSC(C)C)cccc1NC(=O)C1CC2CCCC(C1)C2N.Cl. The van der Waals surface area contributed by atoms with E-state index in [1.165, 1.54) is 30.4 Å². The first-order chi connectivity index (χ1) is 12.0. The molecule has 2 aliphatic carbocycles. The molecule has 1 amide bonds. The van der Waals surface area contributed by atoms with Gasteiger partial charge in [0, 0.05) is 23.4 Å². The van der Waals surface area contributed by atoms with Gasteiger partial charge in [-0.1, -0.05) is 32.4 Å². The third kappa shape index (κ3) is 4.96. The first-order valence-electron chi connectivity index (χ1n) is 9.72. The van der Waals surface area contributed by atoms with Crippen LogP contribution in [0.3, 0.4) is 0 Å². The fourth-order valence-corrected chi connectivity index (χ4v) is 5.30. The van der Waals surface area contributed by atoms with Gasteiger partial charge in [0.25, 0.3) is 0 Å². The first-order valence-corrected chi connectivity index (χ1v) is 10.8. The summed E-state index contributed by atoms with van der Waals surface area (Å²) in [7, 11) is 0. The highest BCUT2D eigenvalue weighted by molar-refractivity contribution is 7.99. The second-order valence-electron chi connectivity index (χ2n) is 8.14. The number of amides is 1. The van der Waals surface area contributed by atoms with Crippen molar-refractivity contribution < 1.29 is 4.79 Å². The second-order valence-corrected chi connectivity index (χ2v) is 9.70. The highest BCUT2D eigenvalue weighted by Crippen LogP contribution is 2.42. The largest absolute Gasteiger partial charge is 0.327 e. The number of nitrogens with two attached hydrogens (primary N) is 1. The van der Waals surface area contributed by atoms with E-state index < -0.39 is 0 Å². The lowest BCUT2D eigenvalue weighted by Gasteiger charge is -2.43. The normalized spacial score (nSPS) is 27.7. The molecule has 146 valence electrons. The van der Waals surface area contributed by atoms with Crippen molar-refractivity contribution in [2.24, 2.45) is 23.5 Å². The molecular formula is C21H33ClN2OS. The number of hydrogen-bond acceptors (Lipinski definition) is 3. The number of benzene rings is 1. The fourth-order valence-electron chi connectivity index (χ4n) is 4.47. The van der Waals surface area contributed by atoms with Gasteiger partial charge in [0.15, 0.2) is 0 Å². The van der Waals surface area contributed by atoms with Crippen molar-refractivity contribution >= 4 is 35.8 Å². The van der Waals surface area contributed by atoms with Crippen LogP contribution in [-0.2, 0) is 10.5 Å². The number of halogens is 1.